The topological polar surface area (TPSA) is 208 Å². The SMILES string of the molecule is C.Cc1ccc2c(n1)[nH]c1ccncc12.Cc1ccc2c3cnccc3n(C)c2n1.Cc1ccc2c3cnccc3n(C)c2n1.N.N.N. The summed E-state index contributed by atoms with van der Waals surface area (Å²) in [5.74, 6) is 0. The fourth-order valence-electron chi connectivity index (χ4n) is 5.74. The van der Waals surface area contributed by atoms with E-state index in [4.69, 9.17) is 0 Å². The number of H-pyrrole nitrogens is 1. The van der Waals surface area contributed by atoms with Crippen LogP contribution < -0.4 is 18.5 Å². The van der Waals surface area contributed by atoms with Crippen molar-refractivity contribution in [3.8, 4) is 0 Å². The lowest BCUT2D eigenvalue weighted by atomic mass is 10.2. The van der Waals surface area contributed by atoms with E-state index in [0.29, 0.717) is 0 Å². The van der Waals surface area contributed by atoms with Gasteiger partial charge in [0.25, 0.3) is 0 Å². The highest BCUT2D eigenvalue weighted by Gasteiger charge is 2.09. The third-order valence-electron chi connectivity index (χ3n) is 7.96. The maximum Gasteiger partial charge on any atom is 0.141 e. The molecule has 0 amide bonds. The molecule has 248 valence electrons. The first-order chi connectivity index (χ1) is 21.4. The lowest BCUT2D eigenvalue weighted by molar-refractivity contribution is 0.981. The Kier molecular flexibility index (Phi) is 11.2. The molecule has 0 aliphatic carbocycles. The van der Waals surface area contributed by atoms with E-state index in [1.807, 2.05) is 102 Å². The third-order valence-corrected chi connectivity index (χ3v) is 7.96. The molecule has 9 heterocycles. The van der Waals surface area contributed by atoms with Crippen molar-refractivity contribution in [2.45, 2.75) is 28.2 Å². The van der Waals surface area contributed by atoms with Gasteiger partial charge in [0.1, 0.15) is 16.9 Å². The second kappa shape index (κ2) is 14.7. The van der Waals surface area contributed by atoms with Crippen LogP contribution in [0.25, 0.3) is 65.8 Å². The minimum atomic E-state index is 0. The van der Waals surface area contributed by atoms with Gasteiger partial charge in [-0.2, -0.15) is 0 Å². The maximum absolute atomic E-state index is 4.55. The van der Waals surface area contributed by atoms with Crippen molar-refractivity contribution >= 4 is 65.8 Å². The van der Waals surface area contributed by atoms with E-state index in [0.717, 1.165) is 50.3 Å². The summed E-state index contributed by atoms with van der Waals surface area (Å²) in [6.45, 7) is 6.01. The molecule has 9 aromatic rings. The Balaban J connectivity index is 0.000000188. The molecule has 0 saturated heterocycles. The molecule has 0 saturated carbocycles. The van der Waals surface area contributed by atoms with E-state index in [9.17, 15) is 0 Å². The molecular weight excluding hydrogens is 600 g/mol. The smallest absolute Gasteiger partial charge is 0.141 e. The van der Waals surface area contributed by atoms with Gasteiger partial charge in [0, 0.05) is 101 Å². The number of fused-ring (bicyclic) bond motifs is 9. The van der Waals surface area contributed by atoms with Crippen LogP contribution in [0.5, 0.6) is 0 Å². The van der Waals surface area contributed by atoms with Gasteiger partial charge in [-0.1, -0.05) is 7.43 Å². The first-order valence-electron chi connectivity index (χ1n) is 14.4. The van der Waals surface area contributed by atoms with Crippen molar-refractivity contribution in [1.82, 2.24) is 62.5 Å². The third kappa shape index (κ3) is 6.40. The van der Waals surface area contributed by atoms with Crippen molar-refractivity contribution in [1.29, 1.82) is 0 Å². The Bertz CT molecular complexity index is 2350. The molecule has 0 unspecified atom stereocenters. The van der Waals surface area contributed by atoms with Gasteiger partial charge in [-0.25, -0.2) is 15.0 Å². The highest BCUT2D eigenvalue weighted by molar-refractivity contribution is 6.07. The molecule has 9 aromatic heterocycles. The van der Waals surface area contributed by atoms with Crippen LogP contribution in [-0.2, 0) is 14.1 Å². The number of hydrogen-bond donors (Lipinski definition) is 4. The fourth-order valence-corrected chi connectivity index (χ4v) is 5.74. The predicted molar refractivity (Wildman–Crippen MR) is 199 cm³/mol. The van der Waals surface area contributed by atoms with Crippen LogP contribution in [0.2, 0.25) is 0 Å². The van der Waals surface area contributed by atoms with E-state index in [2.05, 4.69) is 62.2 Å². The first kappa shape index (κ1) is 36.6. The van der Waals surface area contributed by atoms with Crippen molar-refractivity contribution in [2.75, 3.05) is 0 Å². The predicted octanol–water partition coefficient (Wildman–Crippen LogP) is 8.40. The van der Waals surface area contributed by atoms with E-state index in [1.165, 1.54) is 32.6 Å². The van der Waals surface area contributed by atoms with Crippen molar-refractivity contribution in [3.05, 3.63) is 109 Å². The molecule has 12 heteroatoms. The van der Waals surface area contributed by atoms with E-state index < -0.39 is 0 Å². The average molecular weight is 645 g/mol. The number of nitrogens with one attached hydrogen (secondary N) is 1. The average Bonchev–Trinajstić information content (AvgIpc) is 3.65. The van der Waals surface area contributed by atoms with Crippen LogP contribution in [0, 0.1) is 20.8 Å². The number of aryl methyl sites for hydroxylation is 5. The minimum Gasteiger partial charge on any atom is -0.344 e. The summed E-state index contributed by atoms with van der Waals surface area (Å²) >= 11 is 0. The number of rotatable bonds is 0. The van der Waals surface area contributed by atoms with Crippen molar-refractivity contribution in [3.63, 3.8) is 0 Å². The monoisotopic (exact) mass is 644 g/mol. The molecular formula is C36H44N12. The number of pyridine rings is 6. The zero-order valence-corrected chi connectivity index (χ0v) is 27.4. The molecule has 0 aromatic carbocycles. The second-order valence-corrected chi connectivity index (χ2v) is 10.9. The zero-order chi connectivity index (χ0) is 30.4. The van der Waals surface area contributed by atoms with Gasteiger partial charge < -0.3 is 32.6 Å². The highest BCUT2D eigenvalue weighted by atomic mass is 15.0. The van der Waals surface area contributed by atoms with Crippen LogP contribution in [0.3, 0.4) is 0 Å². The van der Waals surface area contributed by atoms with Gasteiger partial charge in [0.15, 0.2) is 0 Å². The van der Waals surface area contributed by atoms with Gasteiger partial charge >= 0.3 is 0 Å². The molecule has 0 radical (unpaired) electrons. The molecule has 10 N–H and O–H groups in total. The molecule has 9 rings (SSSR count). The van der Waals surface area contributed by atoms with Gasteiger partial charge in [0.05, 0.1) is 16.6 Å². The number of aromatic amines is 1. The summed E-state index contributed by atoms with van der Waals surface area (Å²) in [7, 11) is 4.08. The van der Waals surface area contributed by atoms with Crippen LogP contribution in [-0.4, -0.2) is 44.0 Å². The normalized spacial score (nSPS) is 10.4. The fraction of sp³-hybridized carbons (Fsp3) is 0.167. The van der Waals surface area contributed by atoms with E-state index >= 15 is 0 Å². The van der Waals surface area contributed by atoms with Crippen molar-refractivity contribution in [2.24, 2.45) is 14.1 Å². The van der Waals surface area contributed by atoms with Crippen LogP contribution in [0.1, 0.15) is 24.5 Å². The van der Waals surface area contributed by atoms with Crippen molar-refractivity contribution < 1.29 is 0 Å². The molecule has 0 atom stereocenters. The Morgan fingerprint density at radius 3 is 1.40 bits per heavy atom. The Labute approximate surface area is 279 Å². The minimum absolute atomic E-state index is 0. The highest BCUT2D eigenvalue weighted by Crippen LogP contribution is 2.27. The molecule has 0 bridgehead atoms. The lowest BCUT2D eigenvalue weighted by Crippen LogP contribution is -1.90. The number of hydrogen-bond acceptors (Lipinski definition) is 9. The first-order valence-corrected chi connectivity index (χ1v) is 14.4. The van der Waals surface area contributed by atoms with E-state index in [1.54, 1.807) is 6.20 Å². The van der Waals surface area contributed by atoms with Gasteiger partial charge in [0.2, 0.25) is 0 Å². The van der Waals surface area contributed by atoms with Gasteiger partial charge in [-0.3, -0.25) is 15.0 Å². The summed E-state index contributed by atoms with van der Waals surface area (Å²) in [6, 6.07) is 18.4. The molecule has 0 fully saturated rings. The molecule has 0 aliphatic heterocycles. The second-order valence-electron chi connectivity index (χ2n) is 10.9. The summed E-state index contributed by atoms with van der Waals surface area (Å²) in [5.41, 5.74) is 9.55. The molecule has 0 spiro atoms. The Morgan fingerprint density at radius 1 is 0.479 bits per heavy atom. The number of aromatic nitrogens is 9. The number of nitrogens with zero attached hydrogens (tertiary/aromatic N) is 8. The molecule has 12 nitrogen and oxygen atoms in total. The Morgan fingerprint density at radius 2 is 0.896 bits per heavy atom. The summed E-state index contributed by atoms with van der Waals surface area (Å²) < 4.78 is 4.22. The van der Waals surface area contributed by atoms with Gasteiger partial charge in [-0.05, 0) is 75.4 Å². The largest absolute Gasteiger partial charge is 0.344 e. The van der Waals surface area contributed by atoms with Crippen LogP contribution in [0.15, 0.2) is 91.8 Å². The molecule has 48 heavy (non-hydrogen) atoms. The van der Waals surface area contributed by atoms with Gasteiger partial charge in [-0.15, -0.1) is 0 Å². The standard InChI is InChI=1S/2C12H11N3.C11H9N3.CH4.3H3N/c2*1-8-3-4-9-10-7-13-6-5-11(10)15(2)12(9)14-8;1-7-2-3-8-9-6-12-5-4-10(9)14-11(8)13-7;;;;/h2*3-7H,1-2H3;2-6H,1H3,(H,13,14);1H4;3*1H3. The zero-order valence-electron chi connectivity index (χ0n) is 27.4. The van der Waals surface area contributed by atoms with Crippen LogP contribution >= 0.6 is 0 Å². The molecule has 0 aliphatic rings. The quantitative estimate of drug-likeness (QED) is 0.125. The Hall–Kier alpha value is -5.82. The lowest BCUT2D eigenvalue weighted by Gasteiger charge is -1.96. The maximum atomic E-state index is 4.55. The summed E-state index contributed by atoms with van der Waals surface area (Å²) in [6.07, 6.45) is 11.1. The van der Waals surface area contributed by atoms with Crippen LogP contribution in [0.4, 0.5) is 0 Å². The summed E-state index contributed by atoms with van der Waals surface area (Å²) in [4.78, 5) is 29.2. The van der Waals surface area contributed by atoms with E-state index in [-0.39, 0.29) is 25.9 Å². The summed E-state index contributed by atoms with van der Waals surface area (Å²) in [5, 5.41) is 6.95.